The van der Waals surface area contributed by atoms with E-state index in [2.05, 4.69) is 18.8 Å². The summed E-state index contributed by atoms with van der Waals surface area (Å²) in [5.74, 6) is -0.102. The van der Waals surface area contributed by atoms with Crippen LogP contribution in [0.2, 0.25) is 0 Å². The highest BCUT2D eigenvalue weighted by Crippen LogP contribution is 2.27. The van der Waals surface area contributed by atoms with Gasteiger partial charge in [0.25, 0.3) is 5.56 Å². The van der Waals surface area contributed by atoms with Crippen LogP contribution in [0.1, 0.15) is 44.2 Å². The van der Waals surface area contributed by atoms with Crippen LogP contribution in [0.4, 0.5) is 4.39 Å². The topological polar surface area (TPSA) is 72.3 Å². The molecule has 1 aliphatic heterocycles. The molecule has 0 spiro atoms. The summed E-state index contributed by atoms with van der Waals surface area (Å²) in [5.41, 5.74) is 1.18. The zero-order valence-corrected chi connectivity index (χ0v) is 17.8. The van der Waals surface area contributed by atoms with E-state index in [1.54, 1.807) is 16.7 Å². The number of sulfonamides is 1. The van der Waals surface area contributed by atoms with Crippen LogP contribution in [-0.4, -0.2) is 35.4 Å². The third kappa shape index (κ3) is 3.77. The van der Waals surface area contributed by atoms with Crippen molar-refractivity contribution < 1.29 is 12.8 Å². The fourth-order valence-corrected chi connectivity index (χ4v) is 5.37. The SMILES string of the molecule is CC(C)c1ccc(S(=O)(=O)N2CCC(n3cnc4cc(F)ccc4c3=O)CC2)cc1. The van der Waals surface area contributed by atoms with E-state index >= 15 is 0 Å². The van der Waals surface area contributed by atoms with Gasteiger partial charge in [0, 0.05) is 25.2 Å². The monoisotopic (exact) mass is 429 g/mol. The molecule has 158 valence electrons. The molecule has 1 fully saturated rings. The molecule has 1 saturated heterocycles. The van der Waals surface area contributed by atoms with Gasteiger partial charge in [0.1, 0.15) is 5.82 Å². The van der Waals surface area contributed by atoms with Crippen molar-refractivity contribution in [2.75, 3.05) is 13.1 Å². The number of piperidine rings is 1. The summed E-state index contributed by atoms with van der Waals surface area (Å²) in [6.45, 7) is 4.78. The van der Waals surface area contributed by atoms with E-state index in [1.807, 2.05) is 12.1 Å². The molecule has 0 aliphatic carbocycles. The van der Waals surface area contributed by atoms with Crippen LogP contribution in [0.5, 0.6) is 0 Å². The first-order chi connectivity index (χ1) is 14.3. The Balaban J connectivity index is 1.52. The minimum atomic E-state index is -3.57. The van der Waals surface area contributed by atoms with Gasteiger partial charge < -0.3 is 0 Å². The Bertz CT molecular complexity index is 1230. The quantitative estimate of drug-likeness (QED) is 0.634. The number of hydrogen-bond acceptors (Lipinski definition) is 4. The smallest absolute Gasteiger partial charge is 0.261 e. The number of aromatic nitrogens is 2. The Labute approximate surface area is 175 Å². The lowest BCUT2D eigenvalue weighted by molar-refractivity contribution is 0.269. The van der Waals surface area contributed by atoms with Crippen molar-refractivity contribution in [3.05, 3.63) is 70.5 Å². The van der Waals surface area contributed by atoms with E-state index < -0.39 is 15.8 Å². The molecular formula is C22H24FN3O3S. The molecule has 2 aromatic carbocycles. The normalized spacial score (nSPS) is 16.4. The van der Waals surface area contributed by atoms with Gasteiger partial charge in [0.15, 0.2) is 0 Å². The van der Waals surface area contributed by atoms with Gasteiger partial charge in [0.05, 0.1) is 22.1 Å². The van der Waals surface area contributed by atoms with Crippen LogP contribution in [0.3, 0.4) is 0 Å². The van der Waals surface area contributed by atoms with Gasteiger partial charge in [-0.05, 0) is 48.6 Å². The molecule has 0 atom stereocenters. The molecule has 0 unspecified atom stereocenters. The third-order valence-electron chi connectivity index (χ3n) is 5.75. The Morgan fingerprint density at radius 3 is 2.37 bits per heavy atom. The summed E-state index contributed by atoms with van der Waals surface area (Å²) in [6.07, 6.45) is 2.46. The van der Waals surface area contributed by atoms with Crippen molar-refractivity contribution in [3.63, 3.8) is 0 Å². The lowest BCUT2D eigenvalue weighted by Gasteiger charge is -2.32. The molecule has 0 radical (unpaired) electrons. The highest BCUT2D eigenvalue weighted by atomic mass is 32.2. The molecule has 0 bridgehead atoms. The molecule has 2 heterocycles. The van der Waals surface area contributed by atoms with E-state index in [1.165, 1.54) is 28.8 Å². The minimum Gasteiger partial charge on any atom is -0.296 e. The van der Waals surface area contributed by atoms with Crippen molar-refractivity contribution in [3.8, 4) is 0 Å². The summed E-state index contributed by atoms with van der Waals surface area (Å²) in [6, 6.07) is 10.8. The Kier molecular flexibility index (Phi) is 5.46. The van der Waals surface area contributed by atoms with Crippen LogP contribution >= 0.6 is 0 Å². The first-order valence-corrected chi connectivity index (χ1v) is 11.5. The second-order valence-corrected chi connectivity index (χ2v) is 9.92. The maximum atomic E-state index is 13.4. The van der Waals surface area contributed by atoms with Crippen molar-refractivity contribution >= 4 is 20.9 Å². The molecule has 0 amide bonds. The second-order valence-electron chi connectivity index (χ2n) is 7.98. The van der Waals surface area contributed by atoms with E-state index in [0.29, 0.717) is 42.8 Å². The number of benzene rings is 2. The lowest BCUT2D eigenvalue weighted by Crippen LogP contribution is -2.40. The summed E-state index contributed by atoms with van der Waals surface area (Å²) in [4.78, 5) is 17.3. The zero-order chi connectivity index (χ0) is 21.5. The van der Waals surface area contributed by atoms with Crippen LogP contribution in [0, 0.1) is 5.82 Å². The molecule has 30 heavy (non-hydrogen) atoms. The van der Waals surface area contributed by atoms with Gasteiger partial charge >= 0.3 is 0 Å². The molecule has 0 saturated carbocycles. The molecule has 1 aliphatic rings. The molecule has 3 aromatic rings. The van der Waals surface area contributed by atoms with E-state index in [4.69, 9.17) is 0 Å². The lowest BCUT2D eigenvalue weighted by atomic mass is 10.0. The van der Waals surface area contributed by atoms with Gasteiger partial charge in [0.2, 0.25) is 10.0 Å². The first-order valence-electron chi connectivity index (χ1n) is 10.0. The third-order valence-corrected chi connectivity index (χ3v) is 7.66. The zero-order valence-electron chi connectivity index (χ0n) is 17.0. The van der Waals surface area contributed by atoms with Crippen LogP contribution in [0.15, 0.2) is 58.5 Å². The maximum Gasteiger partial charge on any atom is 0.261 e. The standard InChI is InChI=1S/C22H24FN3O3S/c1-15(2)16-3-6-19(7-4-16)30(28,29)25-11-9-18(10-12-25)26-14-24-21-13-17(23)5-8-20(21)22(26)27/h3-8,13-15,18H,9-12H2,1-2H3. The average molecular weight is 430 g/mol. The highest BCUT2D eigenvalue weighted by molar-refractivity contribution is 7.89. The average Bonchev–Trinajstić information content (AvgIpc) is 2.74. The summed E-state index contributed by atoms with van der Waals surface area (Å²) in [7, 11) is -3.57. The van der Waals surface area contributed by atoms with E-state index in [9.17, 15) is 17.6 Å². The van der Waals surface area contributed by atoms with Gasteiger partial charge in [-0.2, -0.15) is 4.31 Å². The summed E-state index contributed by atoms with van der Waals surface area (Å²) in [5, 5.41) is 0.360. The van der Waals surface area contributed by atoms with E-state index in [0.717, 1.165) is 5.56 Å². The number of fused-ring (bicyclic) bond motifs is 1. The fourth-order valence-electron chi connectivity index (χ4n) is 3.90. The number of nitrogens with zero attached hydrogens (tertiary/aromatic N) is 3. The van der Waals surface area contributed by atoms with Crippen LogP contribution in [-0.2, 0) is 10.0 Å². The molecular weight excluding hydrogens is 405 g/mol. The molecule has 4 rings (SSSR count). The van der Waals surface area contributed by atoms with Crippen molar-refractivity contribution in [2.45, 2.75) is 43.5 Å². The predicted molar refractivity (Wildman–Crippen MR) is 114 cm³/mol. The summed E-state index contributed by atoms with van der Waals surface area (Å²) < 4.78 is 42.4. The Hall–Kier alpha value is -2.58. The van der Waals surface area contributed by atoms with Crippen molar-refractivity contribution in [1.82, 2.24) is 13.9 Å². The molecule has 1 aromatic heterocycles. The minimum absolute atomic E-state index is 0.144. The highest BCUT2D eigenvalue weighted by Gasteiger charge is 2.30. The first kappa shape index (κ1) is 20.7. The van der Waals surface area contributed by atoms with Crippen molar-refractivity contribution in [1.29, 1.82) is 0 Å². The molecule has 6 nitrogen and oxygen atoms in total. The molecule has 8 heteroatoms. The van der Waals surface area contributed by atoms with Gasteiger partial charge in [-0.3, -0.25) is 9.36 Å². The van der Waals surface area contributed by atoms with E-state index in [-0.39, 0.29) is 16.5 Å². The predicted octanol–water partition coefficient (Wildman–Crippen LogP) is 3.68. The fraction of sp³-hybridized carbons (Fsp3) is 0.364. The van der Waals surface area contributed by atoms with Gasteiger partial charge in [-0.15, -0.1) is 0 Å². The number of rotatable bonds is 4. The van der Waals surface area contributed by atoms with Crippen molar-refractivity contribution in [2.24, 2.45) is 0 Å². The maximum absolute atomic E-state index is 13.4. The van der Waals surface area contributed by atoms with Crippen LogP contribution in [0.25, 0.3) is 10.9 Å². The number of hydrogen-bond donors (Lipinski definition) is 0. The Morgan fingerprint density at radius 1 is 1.07 bits per heavy atom. The largest absolute Gasteiger partial charge is 0.296 e. The second kappa shape index (κ2) is 7.92. The Morgan fingerprint density at radius 2 is 1.73 bits per heavy atom. The van der Waals surface area contributed by atoms with Gasteiger partial charge in [-0.1, -0.05) is 26.0 Å². The summed E-state index contributed by atoms with van der Waals surface area (Å²) >= 11 is 0. The van der Waals surface area contributed by atoms with Gasteiger partial charge in [-0.25, -0.2) is 17.8 Å². The van der Waals surface area contributed by atoms with Crippen LogP contribution < -0.4 is 5.56 Å². The molecule has 0 N–H and O–H groups in total. The number of halogens is 1.